The van der Waals surface area contributed by atoms with Gasteiger partial charge in [-0.1, -0.05) is 6.92 Å². The topological polar surface area (TPSA) is 64.7 Å². The molecule has 1 aliphatic carbocycles. The zero-order valence-corrected chi connectivity index (χ0v) is 14.3. The van der Waals surface area contributed by atoms with E-state index >= 15 is 0 Å². The van der Waals surface area contributed by atoms with E-state index in [1.165, 1.54) is 5.69 Å². The van der Waals surface area contributed by atoms with Gasteiger partial charge in [0.25, 0.3) is 0 Å². The van der Waals surface area contributed by atoms with Gasteiger partial charge < -0.3 is 20.4 Å². The molecule has 0 atom stereocenters. The van der Waals surface area contributed by atoms with Crippen LogP contribution < -0.4 is 15.5 Å². The lowest BCUT2D eigenvalue weighted by atomic mass is 10.2. The van der Waals surface area contributed by atoms with Gasteiger partial charge in [0.05, 0.1) is 6.54 Å². The van der Waals surface area contributed by atoms with Crippen LogP contribution in [0.2, 0.25) is 0 Å². The summed E-state index contributed by atoms with van der Waals surface area (Å²) < 4.78 is 0. The lowest BCUT2D eigenvalue weighted by molar-refractivity contribution is -0.125. The van der Waals surface area contributed by atoms with Crippen LogP contribution in [-0.4, -0.2) is 56.0 Å². The first kappa shape index (κ1) is 16.8. The number of likely N-dealkylation sites (N-methyl/N-ethyl adjacent to an activating group) is 1. The molecular weight excluding hydrogens is 304 g/mol. The standard InChI is InChI=1S/C18H26N4O2/c1-2-21-9-11-22(12-10-21)16-7-5-15(6-8-16)20-17(23)13-19-18(24)14-3-4-14/h5-8,14H,2-4,9-13H2,1H3,(H,19,24)(H,20,23). The van der Waals surface area contributed by atoms with E-state index in [-0.39, 0.29) is 24.3 Å². The van der Waals surface area contributed by atoms with E-state index in [9.17, 15) is 9.59 Å². The summed E-state index contributed by atoms with van der Waals surface area (Å²) >= 11 is 0. The normalized spacial score (nSPS) is 18.3. The quantitative estimate of drug-likeness (QED) is 0.825. The molecule has 2 amide bonds. The van der Waals surface area contributed by atoms with Gasteiger partial charge in [0.2, 0.25) is 11.8 Å². The van der Waals surface area contributed by atoms with Crippen molar-refractivity contribution in [3.8, 4) is 0 Å². The minimum atomic E-state index is -0.187. The monoisotopic (exact) mass is 330 g/mol. The summed E-state index contributed by atoms with van der Waals surface area (Å²) in [6, 6.07) is 7.92. The van der Waals surface area contributed by atoms with Gasteiger partial charge in [-0.2, -0.15) is 0 Å². The third kappa shape index (κ3) is 4.47. The number of carbonyl (C=O) groups is 2. The highest BCUT2D eigenvalue weighted by molar-refractivity contribution is 5.95. The molecule has 0 unspecified atom stereocenters. The Hall–Kier alpha value is -2.08. The van der Waals surface area contributed by atoms with Gasteiger partial charge in [0.1, 0.15) is 0 Å². The number of hydrogen-bond acceptors (Lipinski definition) is 4. The molecule has 1 heterocycles. The summed E-state index contributed by atoms with van der Waals surface area (Å²) in [5.41, 5.74) is 1.95. The summed E-state index contributed by atoms with van der Waals surface area (Å²) in [7, 11) is 0. The highest BCUT2D eigenvalue weighted by atomic mass is 16.2. The molecule has 1 aliphatic heterocycles. The molecular formula is C18H26N4O2. The predicted molar refractivity (Wildman–Crippen MR) is 95.1 cm³/mol. The van der Waals surface area contributed by atoms with Crippen molar-refractivity contribution in [3.05, 3.63) is 24.3 Å². The van der Waals surface area contributed by atoms with Crippen LogP contribution in [0, 0.1) is 5.92 Å². The Bertz CT molecular complexity index is 575. The maximum Gasteiger partial charge on any atom is 0.243 e. The lowest BCUT2D eigenvalue weighted by Crippen LogP contribution is -2.46. The molecule has 24 heavy (non-hydrogen) atoms. The van der Waals surface area contributed by atoms with Gasteiger partial charge in [-0.3, -0.25) is 9.59 Å². The molecule has 6 nitrogen and oxygen atoms in total. The Morgan fingerprint density at radius 3 is 2.33 bits per heavy atom. The first-order valence-electron chi connectivity index (χ1n) is 8.80. The van der Waals surface area contributed by atoms with Crippen molar-refractivity contribution in [2.24, 2.45) is 5.92 Å². The molecule has 0 bridgehead atoms. The van der Waals surface area contributed by atoms with Crippen LogP contribution >= 0.6 is 0 Å². The minimum absolute atomic E-state index is 0.00767. The van der Waals surface area contributed by atoms with Crippen LogP contribution in [0.5, 0.6) is 0 Å². The first-order chi connectivity index (χ1) is 11.7. The highest BCUT2D eigenvalue weighted by Gasteiger charge is 2.29. The lowest BCUT2D eigenvalue weighted by Gasteiger charge is -2.35. The molecule has 1 saturated heterocycles. The number of anilines is 2. The molecule has 1 saturated carbocycles. The van der Waals surface area contributed by atoms with Crippen LogP contribution in [-0.2, 0) is 9.59 Å². The molecule has 1 aromatic carbocycles. The number of piperazine rings is 1. The number of rotatable bonds is 6. The van der Waals surface area contributed by atoms with Crippen molar-refractivity contribution in [1.82, 2.24) is 10.2 Å². The van der Waals surface area contributed by atoms with Gasteiger partial charge in [-0.25, -0.2) is 0 Å². The molecule has 0 spiro atoms. The molecule has 3 rings (SSSR count). The zero-order valence-electron chi connectivity index (χ0n) is 14.3. The average molecular weight is 330 g/mol. The summed E-state index contributed by atoms with van der Waals surface area (Å²) in [5.74, 6) is -0.0645. The highest BCUT2D eigenvalue weighted by Crippen LogP contribution is 2.28. The SMILES string of the molecule is CCN1CCN(c2ccc(NC(=O)CNC(=O)C3CC3)cc2)CC1. The summed E-state index contributed by atoms with van der Waals surface area (Å²) in [6.07, 6.45) is 1.89. The van der Waals surface area contributed by atoms with Gasteiger partial charge in [-0.05, 0) is 43.7 Å². The third-order valence-electron chi connectivity index (χ3n) is 4.71. The molecule has 2 aliphatic rings. The van der Waals surface area contributed by atoms with Crippen LogP contribution in [0.25, 0.3) is 0 Å². The molecule has 130 valence electrons. The van der Waals surface area contributed by atoms with E-state index in [4.69, 9.17) is 0 Å². The van der Waals surface area contributed by atoms with Crippen molar-refractivity contribution >= 4 is 23.2 Å². The Morgan fingerprint density at radius 1 is 1.08 bits per heavy atom. The van der Waals surface area contributed by atoms with Crippen LogP contribution in [0.15, 0.2) is 24.3 Å². The Morgan fingerprint density at radius 2 is 1.75 bits per heavy atom. The van der Waals surface area contributed by atoms with Crippen LogP contribution in [0.4, 0.5) is 11.4 Å². The molecule has 0 aromatic heterocycles. The van der Waals surface area contributed by atoms with E-state index in [0.717, 1.165) is 51.3 Å². The average Bonchev–Trinajstić information content (AvgIpc) is 3.46. The van der Waals surface area contributed by atoms with Crippen molar-refractivity contribution in [3.63, 3.8) is 0 Å². The second kappa shape index (κ2) is 7.66. The van der Waals surface area contributed by atoms with Crippen molar-refractivity contribution < 1.29 is 9.59 Å². The molecule has 0 radical (unpaired) electrons. The minimum Gasteiger partial charge on any atom is -0.369 e. The first-order valence-corrected chi connectivity index (χ1v) is 8.80. The summed E-state index contributed by atoms with van der Waals surface area (Å²) in [6.45, 7) is 7.59. The maximum atomic E-state index is 11.9. The number of amides is 2. The second-order valence-electron chi connectivity index (χ2n) is 6.51. The van der Waals surface area contributed by atoms with Crippen LogP contribution in [0.3, 0.4) is 0 Å². The van der Waals surface area contributed by atoms with E-state index in [2.05, 4.69) is 27.4 Å². The second-order valence-corrected chi connectivity index (χ2v) is 6.51. The fraction of sp³-hybridized carbons (Fsp3) is 0.556. The van der Waals surface area contributed by atoms with Crippen molar-refractivity contribution in [2.75, 3.05) is 49.5 Å². The number of hydrogen-bond donors (Lipinski definition) is 2. The molecule has 1 aromatic rings. The van der Waals surface area contributed by atoms with Crippen molar-refractivity contribution in [1.29, 1.82) is 0 Å². The number of nitrogens with one attached hydrogen (secondary N) is 2. The fourth-order valence-electron chi connectivity index (χ4n) is 2.94. The third-order valence-corrected chi connectivity index (χ3v) is 4.71. The number of carbonyl (C=O) groups excluding carboxylic acids is 2. The summed E-state index contributed by atoms with van der Waals surface area (Å²) in [4.78, 5) is 28.2. The predicted octanol–water partition coefficient (Wildman–Crippen LogP) is 1.29. The van der Waals surface area contributed by atoms with E-state index in [0.29, 0.717) is 0 Å². The van der Waals surface area contributed by atoms with E-state index in [1.54, 1.807) is 0 Å². The maximum absolute atomic E-state index is 11.9. The van der Waals surface area contributed by atoms with Gasteiger partial charge in [0.15, 0.2) is 0 Å². The van der Waals surface area contributed by atoms with E-state index < -0.39 is 0 Å². The smallest absolute Gasteiger partial charge is 0.243 e. The fourth-order valence-corrected chi connectivity index (χ4v) is 2.94. The largest absolute Gasteiger partial charge is 0.369 e. The Balaban J connectivity index is 1.45. The van der Waals surface area contributed by atoms with Gasteiger partial charge in [0, 0.05) is 43.5 Å². The zero-order chi connectivity index (χ0) is 16.9. The number of nitrogens with zero attached hydrogens (tertiary/aromatic N) is 2. The van der Waals surface area contributed by atoms with Gasteiger partial charge in [-0.15, -0.1) is 0 Å². The summed E-state index contributed by atoms with van der Waals surface area (Å²) in [5, 5.41) is 5.50. The molecule has 2 fully saturated rings. The van der Waals surface area contributed by atoms with E-state index in [1.807, 2.05) is 24.3 Å². The molecule has 2 N–H and O–H groups in total. The van der Waals surface area contributed by atoms with Crippen molar-refractivity contribution in [2.45, 2.75) is 19.8 Å². The number of benzene rings is 1. The molecule has 6 heteroatoms. The van der Waals surface area contributed by atoms with Crippen LogP contribution in [0.1, 0.15) is 19.8 Å². The Kier molecular flexibility index (Phi) is 5.35. The Labute approximate surface area is 143 Å². The van der Waals surface area contributed by atoms with Gasteiger partial charge >= 0.3 is 0 Å².